The maximum absolute atomic E-state index is 13.6. The molecule has 150 valence electrons. The number of ether oxygens (including phenoxy) is 1. The van der Waals surface area contributed by atoms with Gasteiger partial charge in [0.25, 0.3) is 5.17 Å². The van der Waals surface area contributed by atoms with Crippen LogP contribution in [0.2, 0.25) is 5.02 Å². The summed E-state index contributed by atoms with van der Waals surface area (Å²) in [6.07, 6.45) is 0.797. The predicted octanol–water partition coefficient (Wildman–Crippen LogP) is 6.27. The Morgan fingerprint density at radius 3 is 2.60 bits per heavy atom. The zero-order valence-corrected chi connectivity index (χ0v) is 17.5. The van der Waals surface area contributed by atoms with E-state index in [-0.39, 0.29) is 11.9 Å². The van der Waals surface area contributed by atoms with E-state index in [0.717, 1.165) is 28.6 Å². The lowest BCUT2D eigenvalue weighted by molar-refractivity contribution is 0.289. The molecule has 1 atom stereocenters. The third-order valence-corrected chi connectivity index (χ3v) is 6.01. The number of hydrogen-bond donors (Lipinski definition) is 1. The van der Waals surface area contributed by atoms with Crippen molar-refractivity contribution in [2.45, 2.75) is 12.5 Å². The Morgan fingerprint density at radius 1 is 1.07 bits per heavy atom. The van der Waals surface area contributed by atoms with Crippen molar-refractivity contribution in [1.29, 1.82) is 0 Å². The topological polar surface area (TPSA) is 28.3 Å². The number of nitrogens with zero attached hydrogens (tertiary/aromatic N) is 1. The van der Waals surface area contributed by atoms with Gasteiger partial charge in [0.15, 0.2) is 0 Å². The number of H-pyrrole nitrogens is 1. The van der Waals surface area contributed by atoms with Crippen LogP contribution < -0.4 is 4.74 Å². The minimum Gasteiger partial charge on any atom is -0.432 e. The Labute approximate surface area is 184 Å². The maximum Gasteiger partial charge on any atom is 0.265 e. The van der Waals surface area contributed by atoms with Gasteiger partial charge in [-0.15, -0.1) is 0 Å². The summed E-state index contributed by atoms with van der Waals surface area (Å²) in [5, 5.41) is 2.20. The molecule has 5 rings (SSSR count). The van der Waals surface area contributed by atoms with Crippen molar-refractivity contribution in [2.24, 2.45) is 0 Å². The first kappa shape index (κ1) is 19.1. The number of benzene rings is 3. The van der Waals surface area contributed by atoms with Gasteiger partial charge >= 0.3 is 0 Å². The molecular formula is C24H18ClFN2OS. The molecule has 6 heteroatoms. The van der Waals surface area contributed by atoms with Crippen LogP contribution in [-0.2, 0) is 6.42 Å². The first-order chi connectivity index (χ1) is 14.6. The number of rotatable bonds is 2. The van der Waals surface area contributed by atoms with E-state index in [1.807, 2.05) is 48.5 Å². The van der Waals surface area contributed by atoms with Gasteiger partial charge < -0.3 is 14.6 Å². The van der Waals surface area contributed by atoms with Gasteiger partial charge in [-0.1, -0.05) is 41.9 Å². The van der Waals surface area contributed by atoms with Crippen LogP contribution in [-0.4, -0.2) is 21.6 Å². The van der Waals surface area contributed by atoms with Crippen molar-refractivity contribution < 1.29 is 9.13 Å². The molecular weight excluding hydrogens is 419 g/mol. The highest BCUT2D eigenvalue weighted by atomic mass is 35.5. The third-order valence-electron chi connectivity index (χ3n) is 5.46. The highest BCUT2D eigenvalue weighted by molar-refractivity contribution is 7.80. The summed E-state index contributed by atoms with van der Waals surface area (Å²) in [4.78, 5) is 5.60. The molecule has 1 unspecified atom stereocenters. The number of nitrogens with one attached hydrogen (secondary N) is 1. The highest BCUT2D eigenvalue weighted by Crippen LogP contribution is 2.39. The van der Waals surface area contributed by atoms with Crippen LogP contribution in [0.15, 0.2) is 72.8 Å². The number of hydrogen-bond acceptors (Lipinski definition) is 2. The number of fused-ring (bicyclic) bond motifs is 3. The van der Waals surface area contributed by atoms with E-state index in [2.05, 4.69) is 9.88 Å². The summed E-state index contributed by atoms with van der Waals surface area (Å²) in [5.41, 5.74) is 4.20. The molecule has 1 N–H and O–H groups in total. The molecule has 3 nitrogen and oxygen atoms in total. The minimum atomic E-state index is -0.270. The van der Waals surface area contributed by atoms with E-state index in [4.69, 9.17) is 28.6 Å². The van der Waals surface area contributed by atoms with Crippen molar-refractivity contribution in [2.75, 3.05) is 6.54 Å². The van der Waals surface area contributed by atoms with Crippen LogP contribution in [0.3, 0.4) is 0 Å². The zero-order chi connectivity index (χ0) is 20.7. The molecule has 4 aromatic rings. The van der Waals surface area contributed by atoms with Crippen LogP contribution in [0.4, 0.5) is 4.39 Å². The van der Waals surface area contributed by atoms with Gasteiger partial charge in [0.1, 0.15) is 11.6 Å². The van der Waals surface area contributed by atoms with Crippen molar-refractivity contribution in [3.63, 3.8) is 0 Å². The summed E-state index contributed by atoms with van der Waals surface area (Å²) < 4.78 is 19.6. The van der Waals surface area contributed by atoms with Crippen molar-refractivity contribution in [1.82, 2.24) is 9.88 Å². The smallest absolute Gasteiger partial charge is 0.265 e. The van der Waals surface area contributed by atoms with Gasteiger partial charge in [-0.05, 0) is 72.2 Å². The Balaban J connectivity index is 1.60. The molecule has 0 bridgehead atoms. The average Bonchev–Trinajstić information content (AvgIpc) is 3.12. The molecule has 0 radical (unpaired) electrons. The lowest BCUT2D eigenvalue weighted by atomic mass is 9.93. The molecule has 1 aromatic heterocycles. The minimum absolute atomic E-state index is 0.211. The summed E-state index contributed by atoms with van der Waals surface area (Å²) in [7, 11) is 0. The number of aromatic nitrogens is 1. The van der Waals surface area contributed by atoms with Gasteiger partial charge in [-0.2, -0.15) is 0 Å². The van der Waals surface area contributed by atoms with Crippen LogP contribution in [0.5, 0.6) is 5.75 Å². The predicted molar refractivity (Wildman–Crippen MR) is 122 cm³/mol. The largest absolute Gasteiger partial charge is 0.432 e. The van der Waals surface area contributed by atoms with Crippen LogP contribution in [0.25, 0.3) is 10.9 Å². The fraction of sp³-hybridized carbons (Fsp3) is 0.125. The molecule has 1 aliphatic rings. The Bertz CT molecular complexity index is 1220. The second-order valence-electron chi connectivity index (χ2n) is 7.29. The van der Waals surface area contributed by atoms with Crippen molar-refractivity contribution in [3.05, 3.63) is 100 Å². The maximum atomic E-state index is 13.6. The third kappa shape index (κ3) is 3.44. The fourth-order valence-electron chi connectivity index (χ4n) is 4.10. The lowest BCUT2D eigenvalue weighted by Crippen LogP contribution is -2.42. The lowest BCUT2D eigenvalue weighted by Gasteiger charge is -2.37. The van der Waals surface area contributed by atoms with E-state index in [9.17, 15) is 4.39 Å². The van der Waals surface area contributed by atoms with E-state index < -0.39 is 0 Å². The number of aromatic amines is 1. The first-order valence-corrected chi connectivity index (χ1v) is 10.5. The van der Waals surface area contributed by atoms with Crippen LogP contribution in [0.1, 0.15) is 22.9 Å². The van der Waals surface area contributed by atoms with Crippen LogP contribution >= 0.6 is 23.8 Å². The molecule has 0 spiro atoms. The number of thiocarbonyl (C=S) groups is 1. The standard InChI is InChI=1S/C24H18ClFN2OS/c25-16-8-11-21-20(14-16)19-12-13-28(24(30)29-18-4-2-1-3-5-18)23(22(19)27-21)15-6-9-17(26)10-7-15/h1-11,14,23,27H,12-13H2. The van der Waals surface area contributed by atoms with Gasteiger partial charge in [0, 0.05) is 28.2 Å². The summed E-state index contributed by atoms with van der Waals surface area (Å²) in [6.45, 7) is 0.681. The zero-order valence-electron chi connectivity index (χ0n) is 15.9. The second kappa shape index (κ2) is 7.74. The van der Waals surface area contributed by atoms with E-state index in [1.54, 1.807) is 12.1 Å². The Kier molecular flexibility index (Phi) is 4.93. The van der Waals surface area contributed by atoms with Crippen molar-refractivity contribution >= 4 is 39.9 Å². The summed E-state index contributed by atoms with van der Waals surface area (Å²) >= 11 is 11.9. The monoisotopic (exact) mass is 436 g/mol. The summed E-state index contributed by atoms with van der Waals surface area (Å²) in [6, 6.07) is 21.7. The number of para-hydroxylation sites is 1. The van der Waals surface area contributed by atoms with Gasteiger partial charge in [0.05, 0.1) is 6.04 Å². The molecule has 3 aromatic carbocycles. The van der Waals surface area contributed by atoms with Gasteiger partial charge in [-0.25, -0.2) is 4.39 Å². The number of halogens is 2. The Morgan fingerprint density at radius 2 is 1.83 bits per heavy atom. The van der Waals surface area contributed by atoms with Crippen molar-refractivity contribution in [3.8, 4) is 5.75 Å². The van der Waals surface area contributed by atoms with Gasteiger partial charge in [-0.3, -0.25) is 0 Å². The molecule has 0 aliphatic carbocycles. The summed E-state index contributed by atoms with van der Waals surface area (Å²) in [5.74, 6) is 0.419. The Hall–Kier alpha value is -2.89. The quantitative estimate of drug-likeness (QED) is 0.375. The normalized spacial score (nSPS) is 15.8. The molecule has 0 amide bonds. The molecule has 0 saturated heterocycles. The molecule has 1 aliphatic heterocycles. The molecule has 30 heavy (non-hydrogen) atoms. The van der Waals surface area contributed by atoms with E-state index >= 15 is 0 Å². The SMILES string of the molecule is Fc1ccc(C2c3[nH]c4ccc(Cl)cc4c3CCN2C(=S)Oc2ccccc2)cc1. The van der Waals surface area contributed by atoms with E-state index in [0.29, 0.717) is 22.5 Å². The molecule has 2 heterocycles. The highest BCUT2D eigenvalue weighted by Gasteiger charge is 2.34. The molecule has 0 saturated carbocycles. The average molecular weight is 437 g/mol. The van der Waals surface area contributed by atoms with E-state index in [1.165, 1.54) is 17.7 Å². The fourth-order valence-corrected chi connectivity index (χ4v) is 4.56. The van der Waals surface area contributed by atoms with Crippen LogP contribution in [0, 0.1) is 5.82 Å². The molecule has 0 fully saturated rings. The first-order valence-electron chi connectivity index (χ1n) is 9.69. The van der Waals surface area contributed by atoms with Gasteiger partial charge in [0.2, 0.25) is 0 Å². The second-order valence-corrected chi connectivity index (χ2v) is 8.07.